The van der Waals surface area contributed by atoms with Crippen molar-refractivity contribution >= 4 is 0 Å². The summed E-state index contributed by atoms with van der Waals surface area (Å²) in [6.45, 7) is 8.47. The zero-order valence-corrected chi connectivity index (χ0v) is 43.1. The molecule has 5 saturated heterocycles. The molecule has 0 aromatic carbocycles. The third-order valence-electron chi connectivity index (χ3n) is 20.1. The lowest BCUT2D eigenvalue weighted by atomic mass is 9.44. The van der Waals surface area contributed by atoms with Crippen molar-refractivity contribution in [2.75, 3.05) is 26.4 Å². The third-order valence-corrected chi connectivity index (χ3v) is 20.1. The molecule has 0 aromatic heterocycles. The number of aliphatic hydroxyl groups is 14. The second kappa shape index (κ2) is 22.6. The summed E-state index contributed by atoms with van der Waals surface area (Å²) in [4.78, 5) is 0. The Hall–Kier alpha value is -0.920. The number of hydrogen-bond acceptors (Lipinski definition) is 23. The number of rotatable bonds is 15. The zero-order chi connectivity index (χ0) is 53.5. The monoisotopic (exact) mass is 1070 g/mol. The first-order valence-electron chi connectivity index (χ1n) is 27.2. The molecule has 5 aliphatic heterocycles. The fourth-order valence-corrected chi connectivity index (χ4v) is 15.6. The molecule has 32 atom stereocenters. The van der Waals surface area contributed by atoms with Crippen molar-refractivity contribution in [1.82, 2.24) is 0 Å². The Kier molecular flexibility index (Phi) is 17.6. The largest absolute Gasteiger partial charge is 0.394 e. The Morgan fingerprint density at radius 3 is 1.76 bits per heavy atom. The van der Waals surface area contributed by atoms with E-state index in [2.05, 4.69) is 20.8 Å². The van der Waals surface area contributed by atoms with Crippen molar-refractivity contribution in [2.45, 2.75) is 240 Å². The van der Waals surface area contributed by atoms with Crippen LogP contribution < -0.4 is 0 Å². The zero-order valence-electron chi connectivity index (χ0n) is 43.1. The Balaban J connectivity index is 0.848. The summed E-state index contributed by atoms with van der Waals surface area (Å²) in [7, 11) is 0. The van der Waals surface area contributed by atoms with E-state index in [9.17, 15) is 71.5 Å². The van der Waals surface area contributed by atoms with Crippen molar-refractivity contribution in [3.63, 3.8) is 0 Å². The second-order valence-electron chi connectivity index (χ2n) is 24.3. The predicted molar refractivity (Wildman–Crippen MR) is 250 cm³/mol. The standard InChI is InChI=1S/C51H86O23/c1-20(19-66-45-40(62)38(60)34(56)29(16-52)69-45)8-13-51(65)21(2)32-28(74-51)15-27-25-7-6-23-14-24(9-11-49(23,4)26(25)10-12-50(27,32)5)68-48-44(73-46-41(63)37(59)33(55)22(3)67-46)43(36(58)31(18-54)71-48)72-47-42(64)39(61)35(57)30(17-53)70-47/h20-48,52-65H,6-19H2,1-5H3/t20-,21-,22+,23+,24-,25+,26+,27+,28-,29+,30+,31+,32-,33+,34+,35+,36+,37-,38-,39-,40+,41+,42+,43-,44+,45+,46-,47-,48+,49+,50-,51+/m1/s1. The van der Waals surface area contributed by atoms with Gasteiger partial charge in [-0.15, -0.1) is 0 Å². The van der Waals surface area contributed by atoms with Crippen LogP contribution in [0.4, 0.5) is 0 Å². The van der Waals surface area contributed by atoms with Gasteiger partial charge < -0.3 is 114 Å². The fourth-order valence-electron chi connectivity index (χ4n) is 15.6. The molecule has 4 saturated carbocycles. The van der Waals surface area contributed by atoms with Gasteiger partial charge in [0.25, 0.3) is 0 Å². The van der Waals surface area contributed by atoms with Crippen molar-refractivity contribution in [1.29, 1.82) is 0 Å². The van der Waals surface area contributed by atoms with E-state index in [1.807, 2.05) is 6.92 Å². The number of hydrogen-bond donors (Lipinski definition) is 14. The highest BCUT2D eigenvalue weighted by molar-refractivity contribution is 5.15. The van der Waals surface area contributed by atoms with E-state index < -0.39 is 155 Å². The van der Waals surface area contributed by atoms with Crippen LogP contribution in [-0.4, -0.2) is 239 Å². The van der Waals surface area contributed by atoms with Crippen molar-refractivity contribution < 1.29 is 114 Å². The quantitative estimate of drug-likeness (QED) is 0.0730. The average molecular weight is 1070 g/mol. The van der Waals surface area contributed by atoms with Crippen LogP contribution in [0, 0.1) is 52.3 Å². The molecule has 23 nitrogen and oxygen atoms in total. The highest BCUT2D eigenvalue weighted by atomic mass is 16.8. The molecule has 0 aromatic rings. The minimum Gasteiger partial charge on any atom is -0.394 e. The summed E-state index contributed by atoms with van der Waals surface area (Å²) in [5.41, 5.74) is -0.0775. The van der Waals surface area contributed by atoms with Gasteiger partial charge in [0.15, 0.2) is 30.9 Å². The van der Waals surface area contributed by atoms with E-state index >= 15 is 0 Å². The molecule has 0 amide bonds. The summed E-state index contributed by atoms with van der Waals surface area (Å²) in [6, 6.07) is 0. The lowest BCUT2D eigenvalue weighted by Crippen LogP contribution is -2.67. The summed E-state index contributed by atoms with van der Waals surface area (Å²) < 4.78 is 54.9. The van der Waals surface area contributed by atoms with Gasteiger partial charge in [0.1, 0.15) is 91.6 Å². The fraction of sp³-hybridized carbons (Fsp3) is 1.00. The number of ether oxygens (including phenoxy) is 9. The van der Waals surface area contributed by atoms with Crippen molar-refractivity contribution in [3.05, 3.63) is 0 Å². The maximum Gasteiger partial charge on any atom is 0.187 e. The first-order valence-corrected chi connectivity index (χ1v) is 27.2. The minimum absolute atomic E-state index is 0.0299. The summed E-state index contributed by atoms with van der Waals surface area (Å²) in [5, 5.41) is 149. The highest BCUT2D eigenvalue weighted by Gasteiger charge is 2.68. The Morgan fingerprint density at radius 2 is 1.11 bits per heavy atom. The molecule has 74 heavy (non-hydrogen) atoms. The Labute approximate surface area is 431 Å². The molecular weight excluding hydrogens is 981 g/mol. The molecule has 0 radical (unpaired) electrons. The lowest BCUT2D eigenvalue weighted by molar-refractivity contribution is -0.395. The van der Waals surface area contributed by atoms with Crippen LogP contribution in [-0.2, 0) is 42.6 Å². The molecule has 0 unspecified atom stereocenters. The lowest BCUT2D eigenvalue weighted by Gasteiger charge is -2.61. The van der Waals surface area contributed by atoms with Crippen LogP contribution in [0.3, 0.4) is 0 Å². The number of fused-ring (bicyclic) bond motifs is 7. The first kappa shape index (κ1) is 57.8. The maximum absolute atomic E-state index is 12.1. The minimum atomic E-state index is -1.87. The van der Waals surface area contributed by atoms with E-state index in [1.165, 1.54) is 6.92 Å². The molecule has 0 spiro atoms. The van der Waals surface area contributed by atoms with E-state index in [4.69, 9.17) is 42.6 Å². The van der Waals surface area contributed by atoms with Gasteiger partial charge >= 0.3 is 0 Å². The number of aliphatic hydroxyl groups excluding tert-OH is 13. The molecular formula is C51H86O23. The third kappa shape index (κ3) is 10.3. The van der Waals surface area contributed by atoms with Gasteiger partial charge in [-0.1, -0.05) is 27.7 Å². The summed E-state index contributed by atoms with van der Waals surface area (Å²) >= 11 is 0. The van der Waals surface area contributed by atoms with Crippen molar-refractivity contribution in [3.8, 4) is 0 Å². The predicted octanol–water partition coefficient (Wildman–Crippen LogP) is -2.93. The van der Waals surface area contributed by atoms with E-state index in [-0.39, 0.29) is 47.2 Å². The van der Waals surface area contributed by atoms with Crippen LogP contribution in [0.1, 0.15) is 98.8 Å². The van der Waals surface area contributed by atoms with Gasteiger partial charge in [0.2, 0.25) is 0 Å². The molecule has 23 heteroatoms. The topological polar surface area (TPSA) is 366 Å². The van der Waals surface area contributed by atoms with Gasteiger partial charge in [0, 0.05) is 12.3 Å². The van der Waals surface area contributed by atoms with Crippen LogP contribution in [0.2, 0.25) is 0 Å². The Morgan fingerprint density at radius 1 is 0.554 bits per heavy atom. The highest BCUT2D eigenvalue weighted by Crippen LogP contribution is 2.71. The van der Waals surface area contributed by atoms with E-state index in [0.29, 0.717) is 43.4 Å². The molecule has 9 fully saturated rings. The molecule has 428 valence electrons. The molecule has 0 bridgehead atoms. The van der Waals surface area contributed by atoms with E-state index in [1.54, 1.807) is 0 Å². The second-order valence-corrected chi connectivity index (χ2v) is 24.3. The van der Waals surface area contributed by atoms with E-state index in [0.717, 1.165) is 38.5 Å². The van der Waals surface area contributed by atoms with Gasteiger partial charge in [-0.2, -0.15) is 0 Å². The molecule has 9 rings (SSSR count). The normalized spacial score (nSPS) is 56.0. The van der Waals surface area contributed by atoms with Crippen molar-refractivity contribution in [2.24, 2.45) is 52.3 Å². The van der Waals surface area contributed by atoms with Gasteiger partial charge in [0.05, 0.1) is 44.7 Å². The molecule has 14 N–H and O–H groups in total. The average Bonchev–Trinajstić information content (AvgIpc) is 3.82. The summed E-state index contributed by atoms with van der Waals surface area (Å²) in [6.07, 6.45) is -23.1. The van der Waals surface area contributed by atoms with Crippen LogP contribution >= 0.6 is 0 Å². The summed E-state index contributed by atoms with van der Waals surface area (Å²) in [5.74, 6) is 0.146. The van der Waals surface area contributed by atoms with Gasteiger partial charge in [-0.25, -0.2) is 0 Å². The first-order chi connectivity index (χ1) is 35.0. The molecule has 5 heterocycles. The SMILES string of the molecule is C[C@H](CC[C@]1(O)O[C@@H]2C[C@H]3[C@H]4CC[C@H]5C[C@H](O[C@H]6O[C@@H](CO)[C@H](O)[C@@H](O[C@H]7O[C@@H](CO)[C@H](O)[C@@H](O)[C@@H]7O)[C@@H]6O[C@H]6O[C@@H](C)[C@H](O)[C@@H](O)[C@@H]6O)CC[C@]5(C)[C@H]4CC[C@@]3(C)[C@@H]2[C@H]1C)CO[C@H]1O[C@@H](CO)[C@H](O)[C@@H](O)[C@@H]1O. The molecule has 9 aliphatic rings. The molecule has 4 aliphatic carbocycles. The maximum atomic E-state index is 12.1. The Bertz CT molecular complexity index is 1850. The van der Waals surface area contributed by atoms with Gasteiger partial charge in [-0.3, -0.25) is 0 Å². The van der Waals surface area contributed by atoms with Crippen LogP contribution in [0.15, 0.2) is 0 Å². The van der Waals surface area contributed by atoms with Gasteiger partial charge in [-0.05, 0) is 111 Å². The van der Waals surface area contributed by atoms with Crippen LogP contribution in [0.5, 0.6) is 0 Å². The smallest absolute Gasteiger partial charge is 0.187 e. The van der Waals surface area contributed by atoms with Crippen LogP contribution in [0.25, 0.3) is 0 Å².